The summed E-state index contributed by atoms with van der Waals surface area (Å²) in [7, 11) is 5.24. The van der Waals surface area contributed by atoms with Gasteiger partial charge >= 0.3 is 0 Å². The van der Waals surface area contributed by atoms with E-state index in [1.54, 1.807) is 43.5 Å². The maximum Gasteiger partial charge on any atom is 0.277 e. The van der Waals surface area contributed by atoms with Gasteiger partial charge in [-0.15, -0.1) is 0 Å². The second-order valence-electron chi connectivity index (χ2n) is 7.74. The van der Waals surface area contributed by atoms with E-state index in [9.17, 15) is 9.59 Å². The van der Waals surface area contributed by atoms with Gasteiger partial charge in [-0.2, -0.15) is 0 Å². The van der Waals surface area contributed by atoms with Gasteiger partial charge in [0.1, 0.15) is 28.8 Å². The smallest absolute Gasteiger partial charge is 0.277 e. The number of carbonyl (C=O) groups excluding carboxylic acids is 1. The second kappa shape index (κ2) is 10.4. The number of ketones is 1. The van der Waals surface area contributed by atoms with Crippen molar-refractivity contribution in [1.82, 2.24) is 14.5 Å². The van der Waals surface area contributed by atoms with Crippen LogP contribution in [-0.2, 0) is 6.61 Å². The highest BCUT2D eigenvalue weighted by Crippen LogP contribution is 2.26. The van der Waals surface area contributed by atoms with E-state index >= 15 is 0 Å². The molecule has 3 rings (SSSR count). The van der Waals surface area contributed by atoms with Crippen molar-refractivity contribution in [2.45, 2.75) is 20.5 Å². The largest absolute Gasteiger partial charge is 0.497 e. The Hall–Kier alpha value is -3.58. The molecule has 0 radical (unpaired) electrons. The molecule has 8 heteroatoms. The molecule has 0 unspecified atom stereocenters. The van der Waals surface area contributed by atoms with E-state index in [0.29, 0.717) is 17.1 Å². The molecule has 0 N–H and O–H groups in total. The molecule has 0 aliphatic heterocycles. The van der Waals surface area contributed by atoms with Gasteiger partial charge in [0.05, 0.1) is 12.8 Å². The summed E-state index contributed by atoms with van der Waals surface area (Å²) in [6.45, 7) is 3.85. The highest BCUT2D eigenvalue weighted by molar-refractivity contribution is 6.31. The van der Waals surface area contributed by atoms with Crippen LogP contribution in [0.1, 0.15) is 27.3 Å². The van der Waals surface area contributed by atoms with E-state index in [-0.39, 0.29) is 23.1 Å². The zero-order valence-corrected chi connectivity index (χ0v) is 20.0. The third-order valence-electron chi connectivity index (χ3n) is 4.95. The van der Waals surface area contributed by atoms with E-state index in [4.69, 9.17) is 21.1 Å². The highest BCUT2D eigenvalue weighted by Gasteiger charge is 2.17. The molecular weight excluding hydrogens is 442 g/mol. The number of aryl methyl sites for hydroxylation is 2. The van der Waals surface area contributed by atoms with Gasteiger partial charge in [-0.3, -0.25) is 19.1 Å². The first-order chi connectivity index (χ1) is 15.7. The number of benzene rings is 1. The number of carbonyl (C=O) groups is 1. The Morgan fingerprint density at radius 1 is 1.18 bits per heavy atom. The molecule has 0 aliphatic rings. The molecule has 172 valence electrons. The summed E-state index contributed by atoms with van der Waals surface area (Å²) < 4.78 is 12.5. The molecule has 2 heterocycles. The van der Waals surface area contributed by atoms with Crippen molar-refractivity contribution in [2.24, 2.45) is 0 Å². The minimum absolute atomic E-state index is 0.0364. The van der Waals surface area contributed by atoms with Crippen LogP contribution < -0.4 is 15.0 Å². The number of pyridine rings is 2. The number of allylic oxidation sites excluding steroid dienone is 1. The maximum absolute atomic E-state index is 13.2. The fourth-order valence-corrected chi connectivity index (χ4v) is 3.35. The van der Waals surface area contributed by atoms with Crippen molar-refractivity contribution in [2.75, 3.05) is 21.2 Å². The van der Waals surface area contributed by atoms with Crippen molar-refractivity contribution in [1.29, 1.82) is 0 Å². The third kappa shape index (κ3) is 5.62. The molecule has 3 aromatic rings. The summed E-state index contributed by atoms with van der Waals surface area (Å²) >= 11 is 6.40. The van der Waals surface area contributed by atoms with E-state index in [0.717, 1.165) is 16.9 Å². The normalized spacial score (nSPS) is 11.0. The van der Waals surface area contributed by atoms with Crippen molar-refractivity contribution in [3.8, 4) is 17.2 Å². The number of aromatic nitrogens is 2. The van der Waals surface area contributed by atoms with E-state index < -0.39 is 5.56 Å². The number of hydrogen-bond donors (Lipinski definition) is 0. The van der Waals surface area contributed by atoms with Crippen molar-refractivity contribution in [3.63, 3.8) is 0 Å². The van der Waals surface area contributed by atoms with Gasteiger partial charge in [0, 0.05) is 44.3 Å². The number of halogens is 1. The monoisotopic (exact) mass is 467 g/mol. The van der Waals surface area contributed by atoms with E-state index in [1.165, 1.54) is 10.6 Å². The fourth-order valence-electron chi connectivity index (χ4n) is 3.16. The summed E-state index contributed by atoms with van der Waals surface area (Å²) in [5.41, 5.74) is 2.60. The number of hydrogen-bond acceptors (Lipinski definition) is 6. The summed E-state index contributed by atoms with van der Waals surface area (Å²) in [6, 6.07) is 10.7. The van der Waals surface area contributed by atoms with Crippen LogP contribution in [0.4, 0.5) is 0 Å². The van der Waals surface area contributed by atoms with Gasteiger partial charge in [0.15, 0.2) is 0 Å². The number of ether oxygens (including phenoxy) is 2. The Kier molecular flexibility index (Phi) is 7.55. The quantitative estimate of drug-likeness (QED) is 0.362. The van der Waals surface area contributed by atoms with Crippen molar-refractivity contribution < 1.29 is 14.3 Å². The van der Waals surface area contributed by atoms with Crippen LogP contribution in [0.2, 0.25) is 5.02 Å². The minimum atomic E-state index is -0.432. The predicted molar refractivity (Wildman–Crippen MR) is 129 cm³/mol. The minimum Gasteiger partial charge on any atom is -0.497 e. The van der Waals surface area contributed by atoms with Crippen LogP contribution in [0.15, 0.2) is 59.7 Å². The molecule has 0 fully saturated rings. The van der Waals surface area contributed by atoms with Crippen LogP contribution in [0.3, 0.4) is 0 Å². The summed E-state index contributed by atoms with van der Waals surface area (Å²) in [5.74, 6) is 0.780. The average molecular weight is 468 g/mol. The van der Waals surface area contributed by atoms with Crippen molar-refractivity contribution in [3.05, 3.63) is 92.8 Å². The summed E-state index contributed by atoms with van der Waals surface area (Å²) in [5, 5.41) is -0.0364. The number of nitrogens with zero attached hydrogens (tertiary/aromatic N) is 3. The van der Waals surface area contributed by atoms with E-state index in [2.05, 4.69) is 4.98 Å². The second-order valence-corrected chi connectivity index (χ2v) is 8.12. The van der Waals surface area contributed by atoms with Gasteiger partial charge in [-0.1, -0.05) is 23.7 Å². The molecule has 1 aromatic carbocycles. The van der Waals surface area contributed by atoms with Crippen LogP contribution in [0, 0.1) is 13.8 Å². The first-order valence-corrected chi connectivity index (χ1v) is 10.6. The van der Waals surface area contributed by atoms with Gasteiger partial charge in [0.2, 0.25) is 5.78 Å². The number of methoxy groups -OCH3 is 1. The fraction of sp³-hybridized carbons (Fsp3) is 0.240. The lowest BCUT2D eigenvalue weighted by Gasteiger charge is -2.16. The number of rotatable bonds is 8. The average Bonchev–Trinajstić information content (AvgIpc) is 2.80. The Bertz CT molecular complexity index is 1250. The molecule has 0 spiro atoms. The highest BCUT2D eigenvalue weighted by atomic mass is 35.5. The Labute approximate surface area is 197 Å². The zero-order chi connectivity index (χ0) is 24.1. The predicted octanol–water partition coefficient (Wildman–Crippen LogP) is 4.35. The van der Waals surface area contributed by atoms with Crippen LogP contribution in [-0.4, -0.2) is 41.4 Å². The molecule has 7 nitrogen and oxygen atoms in total. The maximum atomic E-state index is 13.2. The molecule has 0 bridgehead atoms. The third-order valence-corrected chi connectivity index (χ3v) is 5.29. The molecule has 0 saturated heterocycles. The van der Waals surface area contributed by atoms with Gasteiger partial charge < -0.3 is 14.4 Å². The Balaban J connectivity index is 1.93. The van der Waals surface area contributed by atoms with Crippen LogP contribution in [0.5, 0.6) is 11.5 Å². The van der Waals surface area contributed by atoms with E-state index in [1.807, 2.05) is 45.3 Å². The van der Waals surface area contributed by atoms with Crippen LogP contribution in [0.25, 0.3) is 5.69 Å². The summed E-state index contributed by atoms with van der Waals surface area (Å²) in [6.07, 6.45) is 4.65. The van der Waals surface area contributed by atoms with Crippen molar-refractivity contribution >= 4 is 17.4 Å². The lowest BCUT2D eigenvalue weighted by atomic mass is 10.1. The lowest BCUT2D eigenvalue weighted by Crippen LogP contribution is -2.23. The van der Waals surface area contributed by atoms with Crippen LogP contribution >= 0.6 is 11.6 Å². The first kappa shape index (κ1) is 24.1. The molecule has 0 aliphatic carbocycles. The first-order valence-electron chi connectivity index (χ1n) is 10.2. The molecule has 2 aromatic heterocycles. The standard InChI is InChI=1S/C25H26ClN3O4/c1-16-14-27-20(22(30)10-11-28(3)4)13-21(16)29-17(2)12-23(24(26)25(29)31)33-15-18-6-8-19(32-5)9-7-18/h6-14H,15H2,1-5H3/b11-10+. The Morgan fingerprint density at radius 3 is 2.52 bits per heavy atom. The SMILES string of the molecule is COc1ccc(COc2cc(C)n(-c3cc(C(=O)/C=C/N(C)C)ncc3C)c(=O)c2Cl)cc1. The topological polar surface area (TPSA) is 73.7 Å². The molecular formula is C25H26ClN3O4. The zero-order valence-electron chi connectivity index (χ0n) is 19.3. The molecule has 33 heavy (non-hydrogen) atoms. The molecule has 0 saturated carbocycles. The van der Waals surface area contributed by atoms with Gasteiger partial charge in [-0.05, 0) is 43.2 Å². The molecule has 0 amide bonds. The van der Waals surface area contributed by atoms with Gasteiger partial charge in [-0.25, -0.2) is 0 Å². The summed E-state index contributed by atoms with van der Waals surface area (Å²) in [4.78, 5) is 31.6. The lowest BCUT2D eigenvalue weighted by molar-refractivity contribution is 0.104. The molecule has 0 atom stereocenters. The Morgan fingerprint density at radius 2 is 1.88 bits per heavy atom. The van der Waals surface area contributed by atoms with Gasteiger partial charge in [0.25, 0.3) is 5.56 Å².